The van der Waals surface area contributed by atoms with Gasteiger partial charge in [0.2, 0.25) is 0 Å². The molecule has 0 radical (unpaired) electrons. The van der Waals surface area contributed by atoms with Gasteiger partial charge in [0.1, 0.15) is 5.75 Å². The fourth-order valence-electron chi connectivity index (χ4n) is 2.95. The Balaban J connectivity index is 2.16. The van der Waals surface area contributed by atoms with Crippen LogP contribution in [0.3, 0.4) is 0 Å². The third-order valence-electron chi connectivity index (χ3n) is 3.95. The highest BCUT2D eigenvalue weighted by Crippen LogP contribution is 2.40. The highest BCUT2D eigenvalue weighted by Gasteiger charge is 2.31. The Morgan fingerprint density at radius 3 is 2.67 bits per heavy atom. The normalized spacial score (nSPS) is 15.1. The van der Waals surface area contributed by atoms with Gasteiger partial charge in [-0.2, -0.15) is 0 Å². The number of nitrogens with zero attached hydrogens (tertiary/aromatic N) is 1. The topological polar surface area (TPSA) is 29.5 Å². The average Bonchev–Trinajstić information content (AvgIpc) is 2.81. The summed E-state index contributed by atoms with van der Waals surface area (Å²) in [5, 5.41) is 0. The summed E-state index contributed by atoms with van der Waals surface area (Å²) >= 11 is 7.01. The maximum Gasteiger partial charge on any atom is 0.258 e. The highest BCUT2D eigenvalue weighted by molar-refractivity contribution is 9.11. The van der Waals surface area contributed by atoms with Crippen LogP contribution in [0.4, 0.5) is 5.69 Å². The first-order valence-electron chi connectivity index (χ1n) is 7.72. The molecule has 0 N–H and O–H groups in total. The van der Waals surface area contributed by atoms with Gasteiger partial charge in [-0.15, -0.1) is 0 Å². The zero-order valence-corrected chi connectivity index (χ0v) is 16.6. The Labute approximate surface area is 158 Å². The molecule has 1 amide bonds. The van der Waals surface area contributed by atoms with Crippen molar-refractivity contribution in [2.75, 3.05) is 18.6 Å². The van der Waals surface area contributed by atoms with E-state index in [0.29, 0.717) is 17.9 Å². The number of carbonyl (C=O) groups excluding carboxylic acids is 1. The van der Waals surface area contributed by atoms with E-state index in [0.717, 1.165) is 32.2 Å². The summed E-state index contributed by atoms with van der Waals surface area (Å²) in [5.74, 6) is 0.751. The summed E-state index contributed by atoms with van der Waals surface area (Å²) in [6.45, 7) is 2.79. The lowest BCUT2D eigenvalue weighted by Gasteiger charge is -2.15. The van der Waals surface area contributed by atoms with Crippen molar-refractivity contribution in [2.24, 2.45) is 0 Å². The summed E-state index contributed by atoms with van der Waals surface area (Å²) < 4.78 is 7.27. The fraction of sp³-hybridized carbons (Fsp3) is 0.211. The Morgan fingerprint density at radius 2 is 1.96 bits per heavy atom. The second-order valence-electron chi connectivity index (χ2n) is 5.54. The molecular formula is C19H17Br2NO2. The van der Waals surface area contributed by atoms with Crippen LogP contribution >= 0.6 is 31.9 Å². The van der Waals surface area contributed by atoms with Gasteiger partial charge in [0.15, 0.2) is 0 Å². The molecule has 1 aliphatic rings. The standard InChI is InChI=1S/C19H17Br2NO2/c1-3-8-22-17-7-5-4-6-14(17)15(19(22)23)10-12-9-13(20)11-16(21)18(12)24-2/h4-7,9-11H,3,8H2,1-2H3/b15-10-. The van der Waals surface area contributed by atoms with Crippen LogP contribution in [0.25, 0.3) is 11.6 Å². The van der Waals surface area contributed by atoms with Gasteiger partial charge in [-0.3, -0.25) is 4.79 Å². The molecule has 24 heavy (non-hydrogen) atoms. The SMILES string of the molecule is CCCN1C(=O)/C(=C\c2cc(Br)cc(Br)c2OC)c2ccccc21. The monoisotopic (exact) mass is 449 g/mol. The first kappa shape index (κ1) is 17.2. The van der Waals surface area contributed by atoms with E-state index in [1.807, 2.05) is 47.4 Å². The summed E-state index contributed by atoms with van der Waals surface area (Å²) in [5.41, 5.74) is 3.50. The van der Waals surface area contributed by atoms with Gasteiger partial charge in [-0.1, -0.05) is 41.1 Å². The van der Waals surface area contributed by atoms with Crippen LogP contribution in [0.15, 0.2) is 45.3 Å². The highest BCUT2D eigenvalue weighted by atomic mass is 79.9. The van der Waals surface area contributed by atoms with Gasteiger partial charge in [-0.05, 0) is 46.6 Å². The van der Waals surface area contributed by atoms with Crippen LogP contribution < -0.4 is 9.64 Å². The average molecular weight is 451 g/mol. The minimum absolute atomic E-state index is 0.0381. The number of para-hydroxylation sites is 1. The molecule has 0 unspecified atom stereocenters. The number of methoxy groups -OCH3 is 1. The number of rotatable bonds is 4. The summed E-state index contributed by atoms with van der Waals surface area (Å²) in [6.07, 6.45) is 2.82. The smallest absolute Gasteiger partial charge is 0.258 e. The van der Waals surface area contributed by atoms with E-state index in [1.165, 1.54) is 0 Å². The van der Waals surface area contributed by atoms with Crippen molar-refractivity contribution >= 4 is 55.1 Å². The van der Waals surface area contributed by atoms with Crippen molar-refractivity contribution in [3.63, 3.8) is 0 Å². The van der Waals surface area contributed by atoms with Crippen LogP contribution in [0.1, 0.15) is 24.5 Å². The molecule has 0 fully saturated rings. The molecule has 0 saturated heterocycles. The fourth-order valence-corrected chi connectivity index (χ4v) is 4.37. The minimum Gasteiger partial charge on any atom is -0.495 e. The van der Waals surface area contributed by atoms with E-state index in [2.05, 4.69) is 38.8 Å². The number of halogens is 2. The predicted molar refractivity (Wildman–Crippen MR) is 105 cm³/mol. The lowest BCUT2D eigenvalue weighted by molar-refractivity contribution is -0.113. The molecule has 0 saturated carbocycles. The third kappa shape index (κ3) is 3.03. The molecule has 0 aromatic heterocycles. The van der Waals surface area contributed by atoms with Crippen LogP contribution in [0, 0.1) is 0 Å². The molecule has 0 atom stereocenters. The van der Waals surface area contributed by atoms with E-state index in [9.17, 15) is 4.79 Å². The van der Waals surface area contributed by atoms with Crippen molar-refractivity contribution in [1.29, 1.82) is 0 Å². The summed E-state index contributed by atoms with van der Waals surface area (Å²) in [4.78, 5) is 14.8. The van der Waals surface area contributed by atoms with Gasteiger partial charge in [0.05, 0.1) is 17.3 Å². The number of hydrogen-bond acceptors (Lipinski definition) is 2. The number of hydrogen-bond donors (Lipinski definition) is 0. The van der Waals surface area contributed by atoms with Crippen LogP contribution in [-0.4, -0.2) is 19.6 Å². The first-order chi connectivity index (χ1) is 11.6. The van der Waals surface area contributed by atoms with Crippen molar-refractivity contribution in [1.82, 2.24) is 0 Å². The molecule has 5 heteroatoms. The quantitative estimate of drug-likeness (QED) is 0.574. The van der Waals surface area contributed by atoms with Gasteiger partial charge >= 0.3 is 0 Å². The molecule has 2 aromatic carbocycles. The molecule has 124 valence electrons. The number of amides is 1. The maximum absolute atomic E-state index is 12.9. The molecule has 1 aliphatic heterocycles. The molecule has 3 rings (SSSR count). The van der Waals surface area contributed by atoms with Crippen LogP contribution in [-0.2, 0) is 4.79 Å². The molecule has 1 heterocycles. The molecule has 0 bridgehead atoms. The van der Waals surface area contributed by atoms with Crippen LogP contribution in [0.2, 0.25) is 0 Å². The Morgan fingerprint density at radius 1 is 1.21 bits per heavy atom. The Kier molecular flexibility index (Phi) is 5.11. The molecule has 3 nitrogen and oxygen atoms in total. The number of carbonyl (C=O) groups is 1. The van der Waals surface area contributed by atoms with Crippen molar-refractivity contribution < 1.29 is 9.53 Å². The lowest BCUT2D eigenvalue weighted by Crippen LogP contribution is -2.26. The predicted octanol–water partition coefficient (Wildman–Crippen LogP) is 5.52. The number of fused-ring (bicyclic) bond motifs is 1. The summed E-state index contributed by atoms with van der Waals surface area (Å²) in [7, 11) is 1.63. The second kappa shape index (κ2) is 7.11. The third-order valence-corrected chi connectivity index (χ3v) is 5.00. The van der Waals surface area contributed by atoms with E-state index in [1.54, 1.807) is 7.11 Å². The Hall–Kier alpha value is -1.59. The minimum atomic E-state index is 0.0381. The van der Waals surface area contributed by atoms with E-state index < -0.39 is 0 Å². The zero-order valence-electron chi connectivity index (χ0n) is 13.5. The zero-order chi connectivity index (χ0) is 17.3. The molecule has 2 aromatic rings. The van der Waals surface area contributed by atoms with E-state index in [-0.39, 0.29) is 5.91 Å². The molecular weight excluding hydrogens is 434 g/mol. The maximum atomic E-state index is 12.9. The van der Waals surface area contributed by atoms with Gasteiger partial charge in [-0.25, -0.2) is 0 Å². The van der Waals surface area contributed by atoms with E-state index >= 15 is 0 Å². The van der Waals surface area contributed by atoms with Gasteiger partial charge in [0.25, 0.3) is 5.91 Å². The van der Waals surface area contributed by atoms with Gasteiger partial charge < -0.3 is 9.64 Å². The molecule has 0 aliphatic carbocycles. The van der Waals surface area contributed by atoms with Crippen LogP contribution in [0.5, 0.6) is 5.75 Å². The van der Waals surface area contributed by atoms with Crippen molar-refractivity contribution in [3.05, 3.63) is 56.5 Å². The number of ether oxygens (including phenoxy) is 1. The lowest BCUT2D eigenvalue weighted by atomic mass is 10.0. The molecule has 0 spiro atoms. The summed E-state index contributed by atoms with van der Waals surface area (Å²) in [6, 6.07) is 11.8. The largest absolute Gasteiger partial charge is 0.495 e. The van der Waals surface area contributed by atoms with Gasteiger partial charge in [0, 0.05) is 27.7 Å². The second-order valence-corrected chi connectivity index (χ2v) is 7.31. The van der Waals surface area contributed by atoms with Crippen molar-refractivity contribution in [2.45, 2.75) is 13.3 Å². The number of anilines is 1. The Bertz CT molecular complexity index is 830. The van der Waals surface area contributed by atoms with Crippen molar-refractivity contribution in [3.8, 4) is 5.75 Å². The van der Waals surface area contributed by atoms with E-state index in [4.69, 9.17) is 4.74 Å². The number of benzene rings is 2. The first-order valence-corrected chi connectivity index (χ1v) is 9.31.